The highest BCUT2D eigenvalue weighted by molar-refractivity contribution is 14.1. The van der Waals surface area contributed by atoms with Crippen molar-refractivity contribution in [3.63, 3.8) is 0 Å². The van der Waals surface area contributed by atoms with E-state index in [0.29, 0.717) is 0 Å². The zero-order valence-corrected chi connectivity index (χ0v) is 8.71. The molecule has 3 nitrogen and oxygen atoms in total. The van der Waals surface area contributed by atoms with Gasteiger partial charge < -0.3 is 10.3 Å². The van der Waals surface area contributed by atoms with Gasteiger partial charge in [0, 0.05) is 7.05 Å². The molecule has 11 heavy (non-hydrogen) atoms. The van der Waals surface area contributed by atoms with E-state index in [4.69, 9.17) is 5.73 Å². The summed E-state index contributed by atoms with van der Waals surface area (Å²) in [6.45, 7) is 0.751. The van der Waals surface area contributed by atoms with Gasteiger partial charge in [-0.25, -0.2) is 4.98 Å². The van der Waals surface area contributed by atoms with Crippen LogP contribution in [0.5, 0.6) is 0 Å². The average molecular weight is 265 g/mol. The van der Waals surface area contributed by atoms with Crippen LogP contribution in [0.15, 0.2) is 6.33 Å². The first-order chi connectivity index (χ1) is 5.25. The van der Waals surface area contributed by atoms with Crippen molar-refractivity contribution >= 4 is 22.6 Å². The lowest BCUT2D eigenvalue weighted by molar-refractivity contribution is 0.751. The molecule has 0 fully saturated rings. The van der Waals surface area contributed by atoms with Crippen molar-refractivity contribution in [1.82, 2.24) is 9.55 Å². The van der Waals surface area contributed by atoms with E-state index in [1.165, 1.54) is 5.69 Å². The van der Waals surface area contributed by atoms with Crippen LogP contribution in [0.25, 0.3) is 0 Å². The lowest BCUT2D eigenvalue weighted by atomic mass is 10.2. The van der Waals surface area contributed by atoms with E-state index in [1.807, 2.05) is 13.4 Å². The monoisotopic (exact) mass is 265 g/mol. The number of nitrogens with two attached hydrogens (primary N) is 1. The Morgan fingerprint density at radius 1 is 1.73 bits per heavy atom. The minimum Gasteiger partial charge on any atom is -0.337 e. The molecule has 1 rings (SSSR count). The molecule has 0 unspecified atom stereocenters. The van der Waals surface area contributed by atoms with E-state index in [9.17, 15) is 0 Å². The molecule has 0 radical (unpaired) electrons. The molecule has 0 aliphatic heterocycles. The van der Waals surface area contributed by atoms with Crippen molar-refractivity contribution in [3.05, 3.63) is 15.7 Å². The lowest BCUT2D eigenvalue weighted by Crippen LogP contribution is -2.04. The summed E-state index contributed by atoms with van der Waals surface area (Å²) in [5.74, 6) is 0. The highest BCUT2D eigenvalue weighted by atomic mass is 127. The molecular formula is C7H12IN3. The summed E-state index contributed by atoms with van der Waals surface area (Å²) in [5, 5.41) is 0. The van der Waals surface area contributed by atoms with Crippen LogP contribution in [-0.2, 0) is 13.5 Å². The summed E-state index contributed by atoms with van der Waals surface area (Å²) in [6, 6.07) is 0. The van der Waals surface area contributed by atoms with Gasteiger partial charge in [0.25, 0.3) is 0 Å². The van der Waals surface area contributed by atoms with E-state index < -0.39 is 0 Å². The Morgan fingerprint density at radius 2 is 2.45 bits per heavy atom. The molecule has 1 aromatic rings. The Bertz CT molecular complexity index is 212. The zero-order chi connectivity index (χ0) is 8.27. The molecule has 1 heterocycles. The normalized spacial score (nSPS) is 10.5. The molecule has 2 N–H and O–H groups in total. The first-order valence-electron chi connectivity index (χ1n) is 3.61. The number of nitrogens with zero attached hydrogens (tertiary/aromatic N) is 2. The van der Waals surface area contributed by atoms with Crippen LogP contribution in [0.2, 0.25) is 0 Å². The van der Waals surface area contributed by atoms with Crippen LogP contribution >= 0.6 is 22.6 Å². The van der Waals surface area contributed by atoms with Gasteiger partial charge >= 0.3 is 0 Å². The zero-order valence-electron chi connectivity index (χ0n) is 6.55. The molecule has 0 atom stereocenters. The van der Waals surface area contributed by atoms with E-state index in [1.54, 1.807) is 0 Å². The highest BCUT2D eigenvalue weighted by Gasteiger charge is 2.03. The van der Waals surface area contributed by atoms with Gasteiger partial charge in [-0.3, -0.25) is 0 Å². The maximum Gasteiger partial charge on any atom is 0.122 e. The minimum atomic E-state index is 0.751. The van der Waals surface area contributed by atoms with Crippen LogP contribution in [0, 0.1) is 3.70 Å². The second-order valence-corrected chi connectivity index (χ2v) is 3.51. The first-order valence-corrected chi connectivity index (χ1v) is 4.69. The lowest BCUT2D eigenvalue weighted by Gasteiger charge is -2.00. The molecule has 0 saturated heterocycles. The molecule has 0 spiro atoms. The Labute approximate surface area is 80.1 Å². The first kappa shape index (κ1) is 8.99. The maximum atomic E-state index is 5.41. The molecular weight excluding hydrogens is 253 g/mol. The molecule has 4 heteroatoms. The molecule has 0 amide bonds. The molecule has 0 aliphatic carbocycles. The predicted octanol–water partition coefficient (Wildman–Crippen LogP) is 0.916. The third-order valence-electron chi connectivity index (χ3n) is 1.63. The second-order valence-electron chi connectivity index (χ2n) is 2.49. The Kier molecular flexibility index (Phi) is 3.32. The maximum absolute atomic E-state index is 5.41. The van der Waals surface area contributed by atoms with Crippen molar-refractivity contribution in [2.24, 2.45) is 12.8 Å². The van der Waals surface area contributed by atoms with Gasteiger partial charge in [0.15, 0.2) is 0 Å². The summed E-state index contributed by atoms with van der Waals surface area (Å²) in [5.41, 5.74) is 6.70. The molecule has 0 aromatic carbocycles. The predicted molar refractivity (Wildman–Crippen MR) is 53.3 cm³/mol. The fraction of sp³-hybridized carbons (Fsp3) is 0.571. The molecule has 0 bridgehead atoms. The molecule has 1 aromatic heterocycles. The fourth-order valence-corrected chi connectivity index (χ4v) is 1.75. The average Bonchev–Trinajstić information content (AvgIpc) is 2.29. The van der Waals surface area contributed by atoms with E-state index in [0.717, 1.165) is 23.1 Å². The van der Waals surface area contributed by atoms with Crippen molar-refractivity contribution in [3.8, 4) is 0 Å². The van der Waals surface area contributed by atoms with Gasteiger partial charge in [0.2, 0.25) is 0 Å². The molecule has 0 saturated carbocycles. The number of hydrogen-bond donors (Lipinski definition) is 1. The Balaban J connectivity index is 2.67. The van der Waals surface area contributed by atoms with Crippen LogP contribution in [0.3, 0.4) is 0 Å². The summed E-state index contributed by atoms with van der Waals surface area (Å²) in [6.07, 6.45) is 3.91. The van der Waals surface area contributed by atoms with Crippen LogP contribution in [-0.4, -0.2) is 16.1 Å². The fourth-order valence-electron chi connectivity index (χ4n) is 0.976. The highest BCUT2D eigenvalue weighted by Crippen LogP contribution is 2.10. The number of aryl methyl sites for hydroxylation is 1. The number of imidazole rings is 1. The van der Waals surface area contributed by atoms with Gasteiger partial charge in [-0.15, -0.1) is 0 Å². The Morgan fingerprint density at radius 3 is 2.91 bits per heavy atom. The van der Waals surface area contributed by atoms with Gasteiger partial charge in [-0.1, -0.05) is 0 Å². The number of aromatic nitrogens is 2. The quantitative estimate of drug-likeness (QED) is 0.826. The number of halogens is 1. The number of hydrogen-bond acceptors (Lipinski definition) is 2. The second kappa shape index (κ2) is 4.06. The van der Waals surface area contributed by atoms with Crippen LogP contribution < -0.4 is 5.73 Å². The third kappa shape index (κ3) is 2.16. The minimum absolute atomic E-state index is 0.751. The molecule has 0 aliphatic rings. The van der Waals surface area contributed by atoms with Crippen molar-refractivity contribution in [2.75, 3.05) is 6.54 Å². The van der Waals surface area contributed by atoms with Gasteiger partial charge in [-0.2, -0.15) is 0 Å². The van der Waals surface area contributed by atoms with Crippen molar-refractivity contribution in [2.45, 2.75) is 12.8 Å². The largest absolute Gasteiger partial charge is 0.337 e. The smallest absolute Gasteiger partial charge is 0.122 e. The molecule has 62 valence electrons. The van der Waals surface area contributed by atoms with Crippen molar-refractivity contribution < 1.29 is 0 Å². The van der Waals surface area contributed by atoms with Gasteiger partial charge in [-0.05, 0) is 42.0 Å². The topological polar surface area (TPSA) is 43.8 Å². The summed E-state index contributed by atoms with van der Waals surface area (Å²) >= 11 is 2.25. The van der Waals surface area contributed by atoms with E-state index >= 15 is 0 Å². The SMILES string of the molecule is Cn1cnc(I)c1CCCN. The van der Waals surface area contributed by atoms with Crippen LogP contribution in [0.4, 0.5) is 0 Å². The summed E-state index contributed by atoms with van der Waals surface area (Å²) < 4.78 is 3.15. The van der Waals surface area contributed by atoms with Gasteiger partial charge in [0.1, 0.15) is 3.70 Å². The van der Waals surface area contributed by atoms with E-state index in [-0.39, 0.29) is 0 Å². The number of rotatable bonds is 3. The van der Waals surface area contributed by atoms with Gasteiger partial charge in [0.05, 0.1) is 12.0 Å². The van der Waals surface area contributed by atoms with Crippen LogP contribution in [0.1, 0.15) is 12.1 Å². The summed E-state index contributed by atoms with van der Waals surface area (Å²) in [4.78, 5) is 4.18. The Hall–Kier alpha value is -0.100. The van der Waals surface area contributed by atoms with Crippen molar-refractivity contribution in [1.29, 1.82) is 0 Å². The third-order valence-corrected chi connectivity index (χ3v) is 2.53. The van der Waals surface area contributed by atoms with E-state index in [2.05, 4.69) is 32.1 Å². The summed E-state index contributed by atoms with van der Waals surface area (Å²) in [7, 11) is 2.01. The standard InChI is InChI=1S/C7H12IN3/c1-11-5-10-7(8)6(11)3-2-4-9/h5H,2-4,9H2,1H3.